The van der Waals surface area contributed by atoms with Crippen molar-refractivity contribution < 1.29 is 27.5 Å². The Morgan fingerprint density at radius 2 is 2.00 bits per heavy atom. The Labute approximate surface area is 105 Å². The van der Waals surface area contributed by atoms with Crippen LogP contribution in [0.4, 0.5) is 18.9 Å². The molecule has 0 N–H and O–H groups in total. The van der Waals surface area contributed by atoms with Gasteiger partial charge in [0.25, 0.3) is 5.69 Å². The van der Waals surface area contributed by atoms with Crippen LogP contribution in [-0.2, 0) is 18.0 Å². The summed E-state index contributed by atoms with van der Waals surface area (Å²) in [6.07, 6.45) is -4.92. The van der Waals surface area contributed by atoms with Crippen LogP contribution in [0, 0.1) is 10.1 Å². The smallest absolute Gasteiger partial charge is 0.423 e. The Kier molecular flexibility index (Phi) is 3.99. The summed E-state index contributed by atoms with van der Waals surface area (Å²) in [5.41, 5.74) is -2.58. The first-order valence-corrected chi connectivity index (χ1v) is 7.43. The summed E-state index contributed by atoms with van der Waals surface area (Å²) in [6, 6.07) is 1.94. The van der Waals surface area contributed by atoms with Crippen LogP contribution < -0.4 is 9.42 Å². The molecule has 0 amide bonds. The van der Waals surface area contributed by atoms with Gasteiger partial charge >= 0.3 is 6.18 Å². The van der Waals surface area contributed by atoms with Crippen LogP contribution in [-0.4, -0.2) is 11.6 Å². The molecule has 1 atom stereocenters. The lowest BCUT2D eigenvalue weighted by Crippen LogP contribution is -2.10. The van der Waals surface area contributed by atoms with Crippen molar-refractivity contribution in [1.29, 1.82) is 0 Å². The van der Waals surface area contributed by atoms with Crippen LogP contribution in [0.1, 0.15) is 5.56 Å². The molecule has 0 aliphatic carbocycles. The number of nitrogens with zero attached hydrogens (tertiary/aromatic N) is 1. The maximum atomic E-state index is 12.6. The fourth-order valence-electron chi connectivity index (χ4n) is 1.15. The number of halogens is 3. The molecule has 0 saturated carbocycles. The fourth-order valence-corrected chi connectivity index (χ4v) is 1.90. The number of hydrogen-bond donors (Lipinski definition) is 0. The Morgan fingerprint density at radius 3 is 2.39 bits per heavy atom. The Morgan fingerprint density at radius 1 is 1.44 bits per heavy atom. The molecule has 0 fully saturated rings. The van der Waals surface area contributed by atoms with Crippen molar-refractivity contribution in [2.75, 3.05) is 6.66 Å². The molecule has 0 aliphatic heterocycles. The molecule has 5 nitrogen and oxygen atoms in total. The number of nitro groups is 1. The van der Waals surface area contributed by atoms with E-state index in [0.717, 1.165) is 12.7 Å². The Bertz CT molecular complexity index is 528. The average molecular weight is 300 g/mol. The van der Waals surface area contributed by atoms with Gasteiger partial charge in [-0.05, 0) is 18.8 Å². The maximum Gasteiger partial charge on any atom is 0.423 e. The van der Waals surface area contributed by atoms with Crippen molar-refractivity contribution in [3.05, 3.63) is 33.9 Å². The lowest BCUT2D eigenvalue weighted by Gasteiger charge is -2.23. The Balaban J connectivity index is 3.31. The maximum absolute atomic E-state index is 12.6. The van der Waals surface area contributed by atoms with Gasteiger partial charge in [0.2, 0.25) is 0 Å². The van der Waals surface area contributed by atoms with E-state index < -0.39 is 34.6 Å². The summed E-state index contributed by atoms with van der Waals surface area (Å²) in [5.74, 6) is -0.422. The number of rotatable bonds is 3. The molecule has 0 spiro atoms. The van der Waals surface area contributed by atoms with Crippen molar-refractivity contribution in [3.63, 3.8) is 0 Å². The van der Waals surface area contributed by atoms with Gasteiger partial charge in [-0.3, -0.25) is 10.1 Å². The average Bonchev–Trinajstić information content (AvgIpc) is 2.13. The highest BCUT2D eigenvalue weighted by atomic mass is 32.5. The first kappa shape index (κ1) is 14.9. The van der Waals surface area contributed by atoms with Crippen molar-refractivity contribution in [2.24, 2.45) is 0 Å². The van der Waals surface area contributed by atoms with Crippen molar-refractivity contribution >= 4 is 24.0 Å². The molecule has 0 bridgehead atoms. The van der Waals surface area contributed by atoms with E-state index in [-0.39, 0.29) is 0 Å². The third-order valence-electron chi connectivity index (χ3n) is 1.74. The lowest BCUT2D eigenvalue weighted by molar-refractivity contribution is -0.388. The molecular weight excluding hydrogens is 294 g/mol. The number of benzene rings is 1. The van der Waals surface area contributed by atoms with Crippen LogP contribution in [0.15, 0.2) is 18.2 Å². The second-order valence-corrected chi connectivity index (χ2v) is 7.01. The third-order valence-corrected chi connectivity index (χ3v) is 2.51. The molecule has 1 aromatic carbocycles. The quantitative estimate of drug-likeness (QED) is 0.486. The van der Waals surface area contributed by atoms with E-state index in [1.54, 1.807) is 0 Å². The molecule has 100 valence electrons. The monoisotopic (exact) mass is 300 g/mol. The minimum atomic E-state index is -4.92. The van der Waals surface area contributed by atoms with Crippen LogP contribution >= 0.6 is 6.49 Å². The molecule has 0 radical (unpaired) electrons. The van der Waals surface area contributed by atoms with E-state index in [2.05, 4.69) is 16.3 Å². The van der Waals surface area contributed by atoms with E-state index in [1.807, 2.05) is 0 Å². The van der Waals surface area contributed by atoms with Crippen LogP contribution in [0.2, 0.25) is 0 Å². The summed E-state index contributed by atoms with van der Waals surface area (Å²) in [5, 5.41) is 10.5. The van der Waals surface area contributed by atoms with Crippen LogP contribution in [0.25, 0.3) is 0 Å². The van der Waals surface area contributed by atoms with Gasteiger partial charge in [0, 0.05) is 12.6 Å². The van der Waals surface area contributed by atoms with Gasteiger partial charge in [0.15, 0.2) is 0 Å². The third kappa shape index (κ3) is 3.94. The van der Waals surface area contributed by atoms with Gasteiger partial charge in [-0.1, -0.05) is 11.8 Å². The molecule has 0 aromatic heterocycles. The highest BCUT2D eigenvalue weighted by Crippen LogP contribution is 2.41. The number of nitro benzene ring substituents is 1. The summed E-state index contributed by atoms with van der Waals surface area (Å²) in [4.78, 5) is 20.4. The van der Waals surface area contributed by atoms with Gasteiger partial charge in [0.1, 0.15) is 11.3 Å². The second kappa shape index (κ2) is 4.83. The predicted molar refractivity (Wildman–Crippen MR) is 58.9 cm³/mol. The zero-order valence-corrected chi connectivity index (χ0v) is 10.5. The number of alkyl halides is 3. The SMILES string of the molecule is CP([O-])(=S)Oc1ccc([N+](=O)[O-])c(C(F)(F)F)c1. The van der Waals surface area contributed by atoms with E-state index in [9.17, 15) is 28.2 Å². The standard InChI is InChI=1S/C8H7F3NO4PS/c1-17(15,18)16-5-2-3-7(12(13)14)6(4-5)8(9,10)11/h2-4H,1H3,(H,15,18)/p-1. The number of hydrogen-bond acceptors (Lipinski definition) is 5. The van der Waals surface area contributed by atoms with E-state index >= 15 is 0 Å². The Hall–Kier alpha value is -1.18. The first-order valence-electron chi connectivity index (χ1n) is 4.34. The zero-order valence-electron chi connectivity index (χ0n) is 8.80. The lowest BCUT2D eigenvalue weighted by atomic mass is 10.1. The van der Waals surface area contributed by atoms with E-state index in [4.69, 9.17) is 0 Å². The van der Waals surface area contributed by atoms with Gasteiger partial charge in [-0.25, -0.2) is 0 Å². The highest BCUT2D eigenvalue weighted by Gasteiger charge is 2.38. The first-order chi connectivity index (χ1) is 8.00. The largest absolute Gasteiger partial charge is 0.792 e. The van der Waals surface area contributed by atoms with Gasteiger partial charge < -0.3 is 9.42 Å². The molecule has 1 rings (SSSR count). The van der Waals surface area contributed by atoms with Crippen LogP contribution in [0.3, 0.4) is 0 Å². The molecule has 0 heterocycles. The predicted octanol–water partition coefficient (Wildman–Crippen LogP) is 2.29. The molecular formula is C8H6F3NO4PS-. The topological polar surface area (TPSA) is 75.4 Å². The summed E-state index contributed by atoms with van der Waals surface area (Å²) in [7, 11) is 0. The van der Waals surface area contributed by atoms with Crippen molar-refractivity contribution in [2.45, 2.75) is 6.18 Å². The summed E-state index contributed by atoms with van der Waals surface area (Å²) >= 11 is 4.41. The minimum absolute atomic E-state index is 0.403. The van der Waals surface area contributed by atoms with Crippen molar-refractivity contribution in [1.82, 2.24) is 0 Å². The van der Waals surface area contributed by atoms with Gasteiger partial charge in [-0.15, -0.1) is 0 Å². The summed E-state index contributed by atoms with van der Waals surface area (Å²) in [6.45, 7) is -2.41. The zero-order chi connectivity index (χ0) is 14.1. The minimum Gasteiger partial charge on any atom is -0.792 e. The van der Waals surface area contributed by atoms with Crippen molar-refractivity contribution in [3.8, 4) is 5.75 Å². The van der Waals surface area contributed by atoms with E-state index in [1.165, 1.54) is 0 Å². The van der Waals surface area contributed by atoms with E-state index in [0.29, 0.717) is 12.1 Å². The van der Waals surface area contributed by atoms with Gasteiger partial charge in [0.05, 0.1) is 4.92 Å². The summed E-state index contributed by atoms with van der Waals surface area (Å²) < 4.78 is 42.3. The normalized spacial score (nSPS) is 14.9. The molecule has 0 aliphatic rings. The molecule has 1 unspecified atom stereocenters. The molecule has 18 heavy (non-hydrogen) atoms. The molecule has 0 saturated heterocycles. The molecule has 10 heteroatoms. The molecule has 1 aromatic rings. The second-order valence-electron chi connectivity index (χ2n) is 3.30. The van der Waals surface area contributed by atoms with Gasteiger partial charge in [-0.2, -0.15) is 13.2 Å². The fraction of sp³-hybridized carbons (Fsp3) is 0.250. The highest BCUT2D eigenvalue weighted by molar-refractivity contribution is 8.08. The van der Waals surface area contributed by atoms with Crippen LogP contribution in [0.5, 0.6) is 5.75 Å².